The number of rotatable bonds is 65. The molecule has 4 heterocycles. The smallest absolute Gasteiger partial charge is 0.410 e. The van der Waals surface area contributed by atoms with Crippen LogP contribution in [0.2, 0.25) is 0 Å². The molecule has 0 radical (unpaired) electrons. The molecule has 4 aliphatic carbocycles. The first kappa shape index (κ1) is 108. The van der Waals surface area contributed by atoms with E-state index in [1.54, 1.807) is 81.8 Å². The Morgan fingerprint density at radius 2 is 1.21 bits per heavy atom. The monoisotopic (exact) mass is 1980 g/mol. The lowest BCUT2D eigenvalue weighted by Crippen LogP contribution is -2.64. The number of carbonyl (C=O) groups is 8. The number of hydrogen-bond acceptors (Lipinski definition) is 29. The number of methoxy groups -OCH3 is 1. The van der Waals surface area contributed by atoms with Gasteiger partial charge in [-0.05, 0) is 169 Å². The number of aromatic nitrogens is 4. The Balaban J connectivity index is 0.564. The topological polar surface area (TPSA) is 477 Å². The van der Waals surface area contributed by atoms with Crippen LogP contribution in [0.15, 0.2) is 140 Å². The van der Waals surface area contributed by atoms with E-state index in [1.165, 1.54) is 28.4 Å². The molecule has 13 rings (SSSR count). The number of pyridine rings is 1. The van der Waals surface area contributed by atoms with E-state index in [0.717, 1.165) is 63.9 Å². The van der Waals surface area contributed by atoms with Gasteiger partial charge >= 0.3 is 18.1 Å². The van der Waals surface area contributed by atoms with Gasteiger partial charge in [-0.2, -0.15) is 13.5 Å². The van der Waals surface area contributed by atoms with Crippen molar-refractivity contribution in [2.24, 2.45) is 27.9 Å². The molecule has 0 saturated heterocycles. The molecule has 1 aliphatic heterocycles. The number of carboxylic acid groups (broad SMARTS) is 1. The Bertz CT molecular complexity index is 5500. The number of carboxylic acids is 1. The lowest BCUT2D eigenvalue weighted by atomic mass is 9.39. The van der Waals surface area contributed by atoms with E-state index in [9.17, 15) is 56.4 Å². The first-order valence-electron chi connectivity index (χ1n) is 47.5. The average molecular weight is 1980 g/mol. The summed E-state index contributed by atoms with van der Waals surface area (Å²) >= 11 is 1.38. The molecule has 9 N–H and O–H groups in total. The molecule has 5 aromatic carbocycles. The molecule has 4 fully saturated rings. The van der Waals surface area contributed by atoms with Crippen LogP contribution in [0.4, 0.5) is 20.4 Å². The molecule has 38 nitrogen and oxygen atoms in total. The van der Waals surface area contributed by atoms with Gasteiger partial charge in [0.1, 0.15) is 25.0 Å². The van der Waals surface area contributed by atoms with Crippen LogP contribution in [0.25, 0.3) is 43.4 Å². The van der Waals surface area contributed by atoms with Crippen molar-refractivity contribution in [2.45, 2.75) is 129 Å². The second-order valence-corrected chi connectivity index (χ2v) is 39.2. The molecule has 760 valence electrons. The number of nitrogens with two attached hydrogens (primary N) is 1. The molecule has 8 aromatic rings. The van der Waals surface area contributed by atoms with Crippen LogP contribution in [-0.2, 0) is 110 Å². The van der Waals surface area contributed by atoms with Gasteiger partial charge in [0.25, 0.3) is 27.8 Å². The van der Waals surface area contributed by atoms with E-state index < -0.39 is 87.9 Å². The van der Waals surface area contributed by atoms with Crippen molar-refractivity contribution in [1.82, 2.24) is 45.5 Å². The Kier molecular flexibility index (Phi) is 41.1. The Morgan fingerprint density at radius 1 is 0.621 bits per heavy atom. The number of thiazole rings is 1. The van der Waals surface area contributed by atoms with Crippen molar-refractivity contribution >= 4 is 101 Å². The van der Waals surface area contributed by atoms with Gasteiger partial charge < -0.3 is 103 Å². The second kappa shape index (κ2) is 53.3. The number of ether oxygens (including phenoxy) is 14. The minimum absolute atomic E-state index is 0.00891. The number of hydrogen-bond donors (Lipinski definition) is 8. The van der Waals surface area contributed by atoms with Crippen LogP contribution in [0, 0.1) is 29.1 Å². The van der Waals surface area contributed by atoms with Gasteiger partial charge in [0, 0.05) is 85.6 Å². The van der Waals surface area contributed by atoms with Gasteiger partial charge in [0.05, 0.1) is 191 Å². The summed E-state index contributed by atoms with van der Waals surface area (Å²) in [5.74, 6) is -4.34. The lowest BCUT2D eigenvalue weighted by molar-refractivity contribution is -0.248. The summed E-state index contributed by atoms with van der Waals surface area (Å²) in [5, 5.41) is 32.1. The maximum atomic E-state index is 14.5. The summed E-state index contributed by atoms with van der Waals surface area (Å²) in [6, 6.07) is 32.1. The average Bonchev–Trinajstić information content (AvgIpc) is 1.05. The number of nitrogens with one attached hydrogen (secondary N) is 5. The number of carbonyl (C=O) groups excluding carboxylic acids is 7. The predicted octanol–water partition coefficient (Wildman–Crippen LogP) is 10.5. The number of fused-ring (bicyclic) bond motifs is 2. The molecule has 3 aromatic heterocycles. The van der Waals surface area contributed by atoms with Crippen LogP contribution in [0.3, 0.4) is 0 Å². The van der Waals surface area contributed by atoms with E-state index in [0.29, 0.717) is 207 Å². The molecule has 5 aliphatic rings. The van der Waals surface area contributed by atoms with Crippen molar-refractivity contribution in [1.29, 1.82) is 0 Å². The molecule has 5 atom stereocenters. The number of anilines is 2. The quantitative estimate of drug-likeness (QED) is 0.00997. The Morgan fingerprint density at radius 3 is 1.78 bits per heavy atom. The zero-order valence-corrected chi connectivity index (χ0v) is 82.1. The van der Waals surface area contributed by atoms with E-state index in [2.05, 4.69) is 45.4 Å². The summed E-state index contributed by atoms with van der Waals surface area (Å²) in [4.78, 5) is 120. The fourth-order valence-corrected chi connectivity index (χ4v) is 20.8. The van der Waals surface area contributed by atoms with Crippen molar-refractivity contribution in [2.75, 3.05) is 202 Å². The molecular formula is C100H132N12O26S2. The minimum Gasteiger partial charge on any atom is -0.491 e. The number of para-hydroxylation sites is 1. The van der Waals surface area contributed by atoms with E-state index in [4.69, 9.17) is 82.1 Å². The highest BCUT2D eigenvalue weighted by Gasteiger charge is 2.66. The first-order chi connectivity index (χ1) is 67.5. The molecule has 4 saturated carbocycles. The van der Waals surface area contributed by atoms with Crippen LogP contribution in [0.5, 0.6) is 5.75 Å². The third-order valence-electron chi connectivity index (χ3n) is 24.8. The van der Waals surface area contributed by atoms with Crippen molar-refractivity contribution in [3.8, 4) is 28.1 Å². The van der Waals surface area contributed by atoms with E-state index in [-0.39, 0.29) is 92.5 Å². The van der Waals surface area contributed by atoms with Crippen LogP contribution < -0.4 is 37.1 Å². The molecule has 2 unspecified atom stereocenters. The molecule has 0 spiro atoms. The fourth-order valence-electron chi connectivity index (χ4n) is 19.5. The van der Waals surface area contributed by atoms with Gasteiger partial charge in [0.2, 0.25) is 11.8 Å². The number of imide groups is 1. The Labute approximate surface area is 819 Å². The van der Waals surface area contributed by atoms with Crippen LogP contribution in [0.1, 0.15) is 117 Å². The van der Waals surface area contributed by atoms with Gasteiger partial charge in [-0.1, -0.05) is 99.7 Å². The van der Waals surface area contributed by atoms with Gasteiger partial charge in [-0.15, -0.1) is 0 Å². The summed E-state index contributed by atoms with van der Waals surface area (Å²) in [6.45, 7) is 19.6. The van der Waals surface area contributed by atoms with Gasteiger partial charge in [-0.3, -0.25) is 43.4 Å². The number of nitrogens with zero attached hydrogens (tertiary/aromatic N) is 6. The highest BCUT2D eigenvalue weighted by atomic mass is 32.2. The second-order valence-electron chi connectivity index (χ2n) is 36.6. The maximum absolute atomic E-state index is 14.5. The molecule has 140 heavy (non-hydrogen) atoms. The molecule has 40 heteroatoms. The molecule has 4 bridgehead atoms. The highest BCUT2D eigenvalue weighted by Crippen LogP contribution is 2.72. The third-order valence-corrected chi connectivity index (χ3v) is 26.5. The van der Waals surface area contributed by atoms with Crippen LogP contribution in [-0.4, -0.2) is 310 Å². The fraction of sp³-hybridized carbons (Fsp3) is 0.530. The zero-order chi connectivity index (χ0) is 99.5. The van der Waals surface area contributed by atoms with Crippen molar-refractivity contribution in [3.63, 3.8) is 0 Å². The zero-order valence-electron chi connectivity index (χ0n) is 80.4. The third kappa shape index (κ3) is 32.8. The maximum Gasteiger partial charge on any atom is 0.410 e. The summed E-state index contributed by atoms with van der Waals surface area (Å²) in [5.41, 5.74) is 9.50. The normalized spacial score (nSPS) is 18.3. The Hall–Kier alpha value is -10.9. The predicted molar refractivity (Wildman–Crippen MR) is 522 cm³/mol. The van der Waals surface area contributed by atoms with E-state index >= 15 is 0 Å². The number of aromatic carboxylic acids is 1. The van der Waals surface area contributed by atoms with Gasteiger partial charge in [-0.25, -0.2) is 24.4 Å². The summed E-state index contributed by atoms with van der Waals surface area (Å²) < 4.78 is 116. The number of primary amides is 1. The molecule has 8 amide bonds. The lowest BCUT2D eigenvalue weighted by Gasteiger charge is -2.69. The SMILES string of the molecule is COCCOCCOCCOCCOCCOCCOCCOCCOCCOCCOCCOc1ccc(C[C@@H](CN[C@H](C(=O)N[C@@H](CCCNC(N)=O)C(=O)Nc2ccc(COC(=O)N(CCOC34CC5(C)CC(C)(CC(Cn6ncc(-c7ccc(-c8ccc9cccc(C(=O)Nc%10nc%11ccccc%11s%10)c9c8)nc7C(=O)O)c6C)(C5)C3)C4)CCS(=O)(=O)O)cc2)C(C)C)N2C(=O)C=CC2=O)cc1. The summed E-state index contributed by atoms with van der Waals surface area (Å²) in [6.07, 6.45) is 8.56. The van der Waals surface area contributed by atoms with Gasteiger partial charge in [0.15, 0.2) is 10.8 Å². The highest BCUT2D eigenvalue weighted by molar-refractivity contribution is 7.85. The van der Waals surface area contributed by atoms with Crippen LogP contribution >= 0.6 is 11.3 Å². The summed E-state index contributed by atoms with van der Waals surface area (Å²) in [7, 11) is -2.91. The van der Waals surface area contributed by atoms with E-state index in [1.807, 2.05) is 78.3 Å². The first-order valence-corrected chi connectivity index (χ1v) is 49.9. The molecular weight excluding hydrogens is 1850 g/mol. The minimum atomic E-state index is -4.54. The number of benzene rings is 5. The largest absolute Gasteiger partial charge is 0.491 e. The standard InChI is InChI=1S/C100H132N12O26S2/c1-69(2)88(103-59-76(112-86(113)28-29-87(112)114)57-71-18-24-77(25-19-71)136-55-54-135-53-52-134-51-50-133-49-48-132-47-46-131-45-44-130-43-42-129-41-40-128-39-38-127-37-36-126-35-34-125-6)92(117)107-84(14-10-30-102-94(101)120)91(116)105-75-22-16-72(17-23-75)61-137-96(121)110(32-56-140(122,123)124)31-33-138-100-65-97(4)62-98(5,66-100)64-99(63-97,67-100)68-111-70(3)81(60-104-111)78-26-27-82(106-89(78)93(118)119)74-21-20-73-11-9-12-79(80(73)58-74)90(115)109-95-108-83-13-7-8-15-85(83)139-95/h7-9,11-13,15-29,58,60,69,76,84,88,103H,10,14,30-57,59,61-68H2,1-6H3,(H,105,116)(H,107,117)(H,118,119)(H3,101,102,120)(H,108,109,115)(H,122,123,124)/t76-,84-,88-,97?,98?,99?,100?/m0/s1. The number of urea groups is 1. The number of amides is 8. The van der Waals surface area contributed by atoms with Crippen molar-refractivity contribution in [3.05, 3.63) is 168 Å². The van der Waals surface area contributed by atoms with Crippen molar-refractivity contribution < 1.29 is 123 Å².